The minimum atomic E-state index is -0.376. The van der Waals surface area contributed by atoms with E-state index in [9.17, 15) is 4.79 Å². The number of halogens is 1. The van der Waals surface area contributed by atoms with E-state index in [0.29, 0.717) is 22.3 Å². The largest absolute Gasteiger partial charge is 0.465 e. The van der Waals surface area contributed by atoms with Gasteiger partial charge in [0.2, 0.25) is 0 Å². The number of benzene rings is 1. The smallest absolute Gasteiger partial charge is 0.340 e. The molecule has 5 heteroatoms. The van der Waals surface area contributed by atoms with E-state index < -0.39 is 0 Å². The van der Waals surface area contributed by atoms with E-state index >= 15 is 0 Å². The predicted molar refractivity (Wildman–Crippen MR) is 84.9 cm³/mol. The molecule has 2 atom stereocenters. The third-order valence-electron chi connectivity index (χ3n) is 4.79. The van der Waals surface area contributed by atoms with Crippen LogP contribution in [0.25, 0.3) is 0 Å². The number of hydrogen-bond acceptors (Lipinski definition) is 4. The van der Waals surface area contributed by atoms with Crippen LogP contribution in [0.3, 0.4) is 0 Å². The highest BCUT2D eigenvalue weighted by Crippen LogP contribution is 2.43. The second-order valence-electron chi connectivity index (χ2n) is 5.98. The van der Waals surface area contributed by atoms with E-state index in [2.05, 4.69) is 4.90 Å². The Morgan fingerprint density at radius 1 is 1.33 bits per heavy atom. The predicted octanol–water partition coefficient (Wildman–Crippen LogP) is 3.48. The summed E-state index contributed by atoms with van der Waals surface area (Å²) in [5, 5.41) is 0.543. The Hall–Kier alpha value is -1.42. The Kier molecular flexibility index (Phi) is 3.98. The van der Waals surface area contributed by atoms with Crippen molar-refractivity contribution in [3.63, 3.8) is 0 Å². The highest BCUT2D eigenvalue weighted by Gasteiger charge is 2.38. The molecule has 1 saturated carbocycles. The molecule has 0 amide bonds. The van der Waals surface area contributed by atoms with Crippen LogP contribution < -0.4 is 10.6 Å². The van der Waals surface area contributed by atoms with Crippen LogP contribution in [0, 0.1) is 5.92 Å². The number of hydrogen-bond donors (Lipinski definition) is 1. The van der Waals surface area contributed by atoms with Crippen molar-refractivity contribution in [2.45, 2.75) is 38.1 Å². The van der Waals surface area contributed by atoms with Gasteiger partial charge in [0.15, 0.2) is 0 Å². The highest BCUT2D eigenvalue weighted by molar-refractivity contribution is 6.34. The lowest BCUT2D eigenvalue weighted by molar-refractivity contribution is 0.0601. The average molecular weight is 309 g/mol. The third-order valence-corrected chi connectivity index (χ3v) is 5.08. The number of nitrogen functional groups attached to an aromatic ring is 1. The van der Waals surface area contributed by atoms with Gasteiger partial charge in [0.05, 0.1) is 23.4 Å². The number of carbonyl (C=O) groups excluding carboxylic acids is 1. The van der Waals surface area contributed by atoms with E-state index in [1.165, 1.54) is 39.2 Å². The normalized spacial score (nSPS) is 24.8. The summed E-state index contributed by atoms with van der Waals surface area (Å²) in [7, 11) is 1.39. The molecular weight excluding hydrogens is 288 g/mol. The number of ether oxygens (including phenoxy) is 1. The molecule has 1 aliphatic carbocycles. The first kappa shape index (κ1) is 14.5. The molecule has 0 aromatic heterocycles. The molecule has 1 saturated heterocycles. The van der Waals surface area contributed by atoms with Crippen LogP contribution in [0.15, 0.2) is 12.1 Å². The zero-order chi connectivity index (χ0) is 15.0. The Labute approximate surface area is 130 Å². The molecule has 1 heterocycles. The maximum atomic E-state index is 12.1. The summed E-state index contributed by atoms with van der Waals surface area (Å²) >= 11 is 6.42. The van der Waals surface area contributed by atoms with Gasteiger partial charge in [-0.3, -0.25) is 0 Å². The van der Waals surface area contributed by atoms with Crippen LogP contribution in [0.2, 0.25) is 5.02 Å². The Morgan fingerprint density at radius 3 is 2.86 bits per heavy atom. The fourth-order valence-electron chi connectivity index (χ4n) is 3.86. The van der Waals surface area contributed by atoms with E-state index in [1.54, 1.807) is 12.1 Å². The van der Waals surface area contributed by atoms with Gasteiger partial charge in [0.1, 0.15) is 0 Å². The van der Waals surface area contributed by atoms with E-state index in [-0.39, 0.29) is 5.97 Å². The van der Waals surface area contributed by atoms with Crippen LogP contribution >= 0.6 is 11.6 Å². The summed E-state index contributed by atoms with van der Waals surface area (Å²) in [6, 6.07) is 3.88. The maximum absolute atomic E-state index is 12.1. The molecule has 0 spiro atoms. The summed E-state index contributed by atoms with van der Waals surface area (Å²) < 4.78 is 4.90. The average Bonchev–Trinajstić information content (AvgIpc) is 2.89. The van der Waals surface area contributed by atoms with Crippen molar-refractivity contribution in [1.82, 2.24) is 0 Å². The number of anilines is 2. The number of nitrogens with two attached hydrogens (primary N) is 1. The molecule has 2 fully saturated rings. The number of methoxy groups -OCH3 is 1. The lowest BCUT2D eigenvalue weighted by Gasteiger charge is -2.34. The molecular formula is C16H21ClN2O2. The monoisotopic (exact) mass is 308 g/mol. The molecule has 0 bridgehead atoms. The van der Waals surface area contributed by atoms with Gasteiger partial charge in [-0.2, -0.15) is 0 Å². The number of esters is 1. The van der Waals surface area contributed by atoms with Gasteiger partial charge in [-0.1, -0.05) is 24.4 Å². The molecule has 0 radical (unpaired) electrons. The number of rotatable bonds is 2. The minimum absolute atomic E-state index is 0.376. The first-order valence-corrected chi connectivity index (χ1v) is 7.93. The van der Waals surface area contributed by atoms with Gasteiger partial charge in [-0.25, -0.2) is 4.79 Å². The van der Waals surface area contributed by atoms with Crippen molar-refractivity contribution < 1.29 is 9.53 Å². The van der Waals surface area contributed by atoms with Crippen LogP contribution in [-0.4, -0.2) is 25.7 Å². The standard InChI is InChI=1S/C16H21ClN2O2/c1-21-16(20)12-8-11(18)9-13(17)15(12)19-7-6-10-4-2-3-5-14(10)19/h8-10,14H,2-7,18H2,1H3. The van der Waals surface area contributed by atoms with Gasteiger partial charge < -0.3 is 15.4 Å². The van der Waals surface area contributed by atoms with E-state index in [4.69, 9.17) is 22.1 Å². The fourth-order valence-corrected chi connectivity index (χ4v) is 4.20. The highest BCUT2D eigenvalue weighted by atomic mass is 35.5. The number of carbonyl (C=O) groups is 1. The molecule has 1 aromatic carbocycles. The summed E-state index contributed by atoms with van der Waals surface area (Å²) in [6.07, 6.45) is 6.19. The molecule has 1 aliphatic heterocycles. The molecule has 3 rings (SSSR count). The molecule has 2 aliphatic rings. The third kappa shape index (κ3) is 2.57. The molecule has 4 nitrogen and oxygen atoms in total. The summed E-state index contributed by atoms with van der Waals surface area (Å²) in [5.74, 6) is 0.344. The lowest BCUT2D eigenvalue weighted by Crippen LogP contribution is -2.36. The van der Waals surface area contributed by atoms with Crippen molar-refractivity contribution in [2.24, 2.45) is 5.92 Å². The second-order valence-corrected chi connectivity index (χ2v) is 6.39. The Bertz CT molecular complexity index is 561. The van der Waals surface area contributed by atoms with E-state index in [1.807, 2.05) is 0 Å². The van der Waals surface area contributed by atoms with Crippen LogP contribution in [0.1, 0.15) is 42.5 Å². The Morgan fingerprint density at radius 2 is 2.10 bits per heavy atom. The zero-order valence-electron chi connectivity index (χ0n) is 12.3. The van der Waals surface area contributed by atoms with Crippen molar-refractivity contribution in [3.05, 3.63) is 22.7 Å². The van der Waals surface area contributed by atoms with Crippen molar-refractivity contribution in [3.8, 4) is 0 Å². The minimum Gasteiger partial charge on any atom is -0.465 e. The van der Waals surface area contributed by atoms with Gasteiger partial charge in [-0.15, -0.1) is 0 Å². The van der Waals surface area contributed by atoms with Crippen molar-refractivity contribution in [2.75, 3.05) is 24.3 Å². The number of nitrogens with zero attached hydrogens (tertiary/aromatic N) is 1. The summed E-state index contributed by atoms with van der Waals surface area (Å²) in [5.41, 5.74) is 7.61. The van der Waals surface area contributed by atoms with Crippen molar-refractivity contribution >= 4 is 28.9 Å². The first-order chi connectivity index (χ1) is 10.1. The fraction of sp³-hybridized carbons (Fsp3) is 0.562. The van der Waals surface area contributed by atoms with Crippen molar-refractivity contribution in [1.29, 1.82) is 0 Å². The zero-order valence-corrected chi connectivity index (χ0v) is 13.0. The van der Waals surface area contributed by atoms with Gasteiger partial charge >= 0.3 is 5.97 Å². The van der Waals surface area contributed by atoms with Gasteiger partial charge in [-0.05, 0) is 37.3 Å². The second kappa shape index (κ2) is 5.76. The van der Waals surface area contributed by atoms with Crippen LogP contribution in [0.4, 0.5) is 11.4 Å². The van der Waals surface area contributed by atoms with Crippen LogP contribution in [0.5, 0.6) is 0 Å². The molecule has 21 heavy (non-hydrogen) atoms. The molecule has 2 unspecified atom stereocenters. The van der Waals surface area contributed by atoms with Crippen LogP contribution in [-0.2, 0) is 4.74 Å². The van der Waals surface area contributed by atoms with Gasteiger partial charge in [0.25, 0.3) is 0 Å². The topological polar surface area (TPSA) is 55.6 Å². The SMILES string of the molecule is COC(=O)c1cc(N)cc(Cl)c1N1CCC2CCCCC21. The van der Waals surface area contributed by atoms with E-state index in [0.717, 1.165) is 18.2 Å². The summed E-state index contributed by atoms with van der Waals surface area (Å²) in [6.45, 7) is 0.947. The quantitative estimate of drug-likeness (QED) is 0.671. The molecule has 1 aromatic rings. The Balaban J connectivity index is 2.03. The molecule has 114 valence electrons. The summed E-state index contributed by atoms with van der Waals surface area (Å²) in [4.78, 5) is 14.4. The number of fused-ring (bicyclic) bond motifs is 1. The molecule has 2 N–H and O–H groups in total. The lowest BCUT2D eigenvalue weighted by atomic mass is 9.85. The van der Waals surface area contributed by atoms with Gasteiger partial charge in [0, 0.05) is 18.3 Å². The first-order valence-electron chi connectivity index (χ1n) is 7.55. The maximum Gasteiger partial charge on any atom is 0.340 e.